The van der Waals surface area contributed by atoms with Gasteiger partial charge in [-0.05, 0) is 32.6 Å². The molecule has 0 aromatic heterocycles. The van der Waals surface area contributed by atoms with Gasteiger partial charge in [0.2, 0.25) is 5.91 Å². The van der Waals surface area contributed by atoms with Gasteiger partial charge in [-0.15, -0.1) is 11.8 Å². The topological polar surface area (TPSA) is 105 Å². The highest BCUT2D eigenvalue weighted by Crippen LogP contribution is 2.22. The van der Waals surface area contributed by atoms with Gasteiger partial charge in [-0.1, -0.05) is 32.1 Å². The lowest BCUT2D eigenvalue weighted by atomic mass is 9.94. The highest BCUT2D eigenvalue weighted by molar-refractivity contribution is 8.00. The Kier molecular flexibility index (Phi) is 9.76. The van der Waals surface area contributed by atoms with Crippen LogP contribution >= 0.6 is 11.8 Å². The number of imide groups is 1. The van der Waals surface area contributed by atoms with Gasteiger partial charge in [0.1, 0.15) is 0 Å². The molecule has 2 fully saturated rings. The maximum atomic E-state index is 12.3. The summed E-state index contributed by atoms with van der Waals surface area (Å²) in [6.45, 7) is 1.42. The molecule has 8 nitrogen and oxygen atoms in total. The van der Waals surface area contributed by atoms with E-state index in [1.807, 2.05) is 7.05 Å². The summed E-state index contributed by atoms with van der Waals surface area (Å²) in [4.78, 5) is 49.8. The van der Waals surface area contributed by atoms with E-state index in [1.165, 1.54) is 25.1 Å². The molecule has 2 rings (SSSR count). The highest BCUT2D eigenvalue weighted by atomic mass is 32.2. The van der Waals surface area contributed by atoms with Crippen molar-refractivity contribution < 1.29 is 23.9 Å². The minimum absolute atomic E-state index is 0.00377. The van der Waals surface area contributed by atoms with Crippen molar-refractivity contribution in [3.63, 3.8) is 0 Å². The molecule has 2 aliphatic carbocycles. The molecule has 0 aliphatic heterocycles. The molecule has 29 heavy (non-hydrogen) atoms. The third kappa shape index (κ3) is 8.24. The molecule has 2 aliphatic rings. The van der Waals surface area contributed by atoms with Gasteiger partial charge in [0.15, 0.2) is 6.10 Å². The van der Waals surface area contributed by atoms with Crippen LogP contribution in [0.3, 0.4) is 0 Å². The fourth-order valence-corrected chi connectivity index (χ4v) is 4.50. The van der Waals surface area contributed by atoms with Crippen molar-refractivity contribution in [3.8, 4) is 0 Å². The molecule has 0 spiro atoms. The van der Waals surface area contributed by atoms with Gasteiger partial charge in [-0.25, -0.2) is 4.79 Å². The first kappa shape index (κ1) is 23.5. The van der Waals surface area contributed by atoms with Crippen LogP contribution in [-0.4, -0.2) is 65.5 Å². The maximum Gasteiger partial charge on any atom is 0.321 e. The Labute approximate surface area is 176 Å². The van der Waals surface area contributed by atoms with Crippen molar-refractivity contribution >= 4 is 35.6 Å². The number of hydrogen-bond donors (Lipinski definition) is 2. The first-order chi connectivity index (χ1) is 13.9. The van der Waals surface area contributed by atoms with Crippen LogP contribution < -0.4 is 10.6 Å². The molecule has 0 aromatic carbocycles. The average Bonchev–Trinajstić information content (AvgIpc) is 3.20. The Morgan fingerprint density at radius 3 is 2.28 bits per heavy atom. The van der Waals surface area contributed by atoms with Gasteiger partial charge in [0, 0.05) is 19.1 Å². The summed E-state index contributed by atoms with van der Waals surface area (Å²) in [6.07, 6.45) is 8.51. The smallest absolute Gasteiger partial charge is 0.321 e. The van der Waals surface area contributed by atoms with Gasteiger partial charge in [-0.3, -0.25) is 19.7 Å². The number of rotatable bonds is 8. The number of esters is 1. The lowest BCUT2D eigenvalue weighted by Gasteiger charge is -2.31. The standard InChI is InChI=1S/C20H33N3O5S/c1-14(19(26)22-20(27)21-15-8-6-7-9-15)28-18(25)13-29-12-17(24)23(2)16-10-4-3-5-11-16/h14-16H,3-13H2,1-2H3,(H2,21,22,26,27)/t14-/m0/s1. The summed E-state index contributed by atoms with van der Waals surface area (Å²) < 4.78 is 5.06. The van der Waals surface area contributed by atoms with Crippen LogP contribution in [-0.2, 0) is 19.1 Å². The summed E-state index contributed by atoms with van der Waals surface area (Å²) >= 11 is 1.17. The molecule has 1 atom stereocenters. The molecule has 9 heteroatoms. The summed E-state index contributed by atoms with van der Waals surface area (Å²) in [5.41, 5.74) is 0. The zero-order valence-electron chi connectivity index (χ0n) is 17.4. The van der Waals surface area contributed by atoms with Crippen LogP contribution in [0.5, 0.6) is 0 Å². The predicted octanol–water partition coefficient (Wildman–Crippen LogP) is 2.21. The third-order valence-corrected chi connectivity index (χ3v) is 6.46. The number of nitrogens with zero attached hydrogens (tertiary/aromatic N) is 1. The molecular weight excluding hydrogens is 394 g/mol. The van der Waals surface area contributed by atoms with Crippen LogP contribution in [0.4, 0.5) is 4.79 Å². The molecule has 0 radical (unpaired) electrons. The second-order valence-electron chi connectivity index (χ2n) is 7.87. The second-order valence-corrected chi connectivity index (χ2v) is 8.85. The van der Waals surface area contributed by atoms with Crippen LogP contribution in [0.1, 0.15) is 64.7 Å². The molecule has 164 valence electrons. The third-order valence-electron chi connectivity index (χ3n) is 5.57. The largest absolute Gasteiger partial charge is 0.452 e. The van der Waals surface area contributed by atoms with Crippen LogP contribution in [0.2, 0.25) is 0 Å². The van der Waals surface area contributed by atoms with Gasteiger partial charge in [0.25, 0.3) is 5.91 Å². The van der Waals surface area contributed by atoms with Crippen molar-refractivity contribution in [2.24, 2.45) is 0 Å². The van der Waals surface area contributed by atoms with E-state index in [0.717, 1.165) is 51.4 Å². The Morgan fingerprint density at radius 2 is 1.62 bits per heavy atom. The molecule has 0 heterocycles. The summed E-state index contributed by atoms with van der Waals surface area (Å²) in [5, 5.41) is 4.95. The van der Waals surface area contributed by atoms with Crippen molar-refractivity contribution in [2.45, 2.75) is 82.9 Å². The normalized spacial score (nSPS) is 18.7. The zero-order valence-corrected chi connectivity index (χ0v) is 18.2. The Bertz CT molecular complexity index is 589. The van der Waals surface area contributed by atoms with E-state index in [1.54, 1.807) is 4.90 Å². The predicted molar refractivity (Wildman–Crippen MR) is 111 cm³/mol. The van der Waals surface area contributed by atoms with Gasteiger partial charge < -0.3 is 15.0 Å². The quantitative estimate of drug-likeness (QED) is 0.576. The second kappa shape index (κ2) is 12.0. The Balaban J connectivity index is 1.61. The number of amides is 4. The fraction of sp³-hybridized carbons (Fsp3) is 0.800. The SMILES string of the molecule is C[C@H](OC(=O)CSCC(=O)N(C)C1CCCCC1)C(=O)NC(=O)NC1CCCC1. The number of carbonyl (C=O) groups excluding carboxylic acids is 4. The number of hydrogen-bond acceptors (Lipinski definition) is 6. The lowest BCUT2D eigenvalue weighted by Crippen LogP contribution is -2.47. The first-order valence-electron chi connectivity index (χ1n) is 10.5. The monoisotopic (exact) mass is 427 g/mol. The number of urea groups is 1. The van der Waals surface area contributed by atoms with E-state index in [-0.39, 0.29) is 23.5 Å². The van der Waals surface area contributed by atoms with E-state index < -0.39 is 24.0 Å². The minimum atomic E-state index is -1.07. The molecule has 2 saturated carbocycles. The number of carbonyl (C=O) groups is 4. The average molecular weight is 428 g/mol. The summed E-state index contributed by atoms with van der Waals surface area (Å²) in [7, 11) is 1.82. The van der Waals surface area contributed by atoms with Gasteiger partial charge in [0.05, 0.1) is 11.5 Å². The zero-order chi connectivity index (χ0) is 21.2. The molecule has 2 N–H and O–H groups in total. The van der Waals surface area contributed by atoms with Crippen molar-refractivity contribution in [1.29, 1.82) is 0 Å². The Morgan fingerprint density at radius 1 is 1.00 bits per heavy atom. The summed E-state index contributed by atoms with van der Waals surface area (Å²) in [6, 6.07) is -0.167. The van der Waals surface area contributed by atoms with Gasteiger partial charge >= 0.3 is 12.0 Å². The Hall–Kier alpha value is -1.77. The summed E-state index contributed by atoms with van der Waals surface area (Å²) in [5.74, 6) is -1.05. The molecule has 0 unspecified atom stereocenters. The van der Waals surface area contributed by atoms with Gasteiger partial charge in [-0.2, -0.15) is 0 Å². The highest BCUT2D eigenvalue weighted by Gasteiger charge is 2.24. The van der Waals surface area contributed by atoms with Crippen LogP contribution in [0.15, 0.2) is 0 Å². The van der Waals surface area contributed by atoms with Crippen molar-refractivity contribution in [1.82, 2.24) is 15.5 Å². The van der Waals surface area contributed by atoms with E-state index in [4.69, 9.17) is 4.74 Å². The first-order valence-corrected chi connectivity index (χ1v) is 11.7. The minimum Gasteiger partial charge on any atom is -0.452 e. The van der Waals surface area contributed by atoms with E-state index >= 15 is 0 Å². The fourth-order valence-electron chi connectivity index (χ4n) is 3.79. The van der Waals surface area contributed by atoms with Crippen LogP contribution in [0.25, 0.3) is 0 Å². The lowest BCUT2D eigenvalue weighted by molar-refractivity contribution is -0.151. The van der Waals surface area contributed by atoms with Crippen molar-refractivity contribution in [2.75, 3.05) is 18.6 Å². The van der Waals surface area contributed by atoms with Crippen molar-refractivity contribution in [3.05, 3.63) is 0 Å². The van der Waals surface area contributed by atoms with E-state index in [9.17, 15) is 19.2 Å². The maximum absolute atomic E-state index is 12.3. The molecule has 0 bridgehead atoms. The van der Waals surface area contributed by atoms with E-state index in [0.29, 0.717) is 6.04 Å². The molecular formula is C20H33N3O5S. The van der Waals surface area contributed by atoms with E-state index in [2.05, 4.69) is 10.6 Å². The molecule has 0 aromatic rings. The number of ether oxygens (including phenoxy) is 1. The van der Waals surface area contributed by atoms with Crippen LogP contribution in [0, 0.1) is 0 Å². The number of nitrogens with one attached hydrogen (secondary N) is 2. The molecule has 4 amide bonds. The molecule has 0 saturated heterocycles. The number of thioether (sulfide) groups is 1.